The molecular weight excluding hydrogens is 316 g/mol. The SMILES string of the molecule is CN(Cc1ccccc1Cl)S(=O)(=O)c1ccc(C#N)s1. The molecule has 2 aromatic rings. The molecule has 1 aromatic heterocycles. The third-order valence-corrected chi connectivity index (χ3v) is 6.34. The van der Waals surface area contributed by atoms with Gasteiger partial charge in [-0.2, -0.15) is 9.57 Å². The van der Waals surface area contributed by atoms with Crippen LogP contribution in [0.2, 0.25) is 5.02 Å². The molecule has 0 saturated carbocycles. The van der Waals surface area contributed by atoms with E-state index in [1.807, 2.05) is 6.07 Å². The summed E-state index contributed by atoms with van der Waals surface area (Å²) in [5, 5.41) is 9.29. The first-order chi connectivity index (χ1) is 9.45. The molecule has 0 spiro atoms. The zero-order chi connectivity index (χ0) is 14.8. The summed E-state index contributed by atoms with van der Waals surface area (Å²) in [6.45, 7) is 0.182. The molecule has 1 heterocycles. The number of rotatable bonds is 4. The lowest BCUT2D eigenvalue weighted by Gasteiger charge is -2.16. The summed E-state index contributed by atoms with van der Waals surface area (Å²) in [5.74, 6) is 0. The molecule has 0 N–H and O–H groups in total. The first-order valence-electron chi connectivity index (χ1n) is 5.65. The van der Waals surface area contributed by atoms with Crippen LogP contribution in [-0.4, -0.2) is 19.8 Å². The van der Waals surface area contributed by atoms with E-state index in [0.717, 1.165) is 16.9 Å². The van der Waals surface area contributed by atoms with Crippen molar-refractivity contribution in [1.29, 1.82) is 5.26 Å². The Labute approximate surface area is 126 Å². The van der Waals surface area contributed by atoms with Gasteiger partial charge in [0.1, 0.15) is 15.2 Å². The highest BCUT2D eigenvalue weighted by atomic mass is 35.5. The number of nitrogens with zero attached hydrogens (tertiary/aromatic N) is 2. The Morgan fingerprint density at radius 1 is 1.30 bits per heavy atom. The normalized spacial score (nSPS) is 11.5. The van der Waals surface area contributed by atoms with Crippen molar-refractivity contribution in [3.63, 3.8) is 0 Å². The fraction of sp³-hybridized carbons (Fsp3) is 0.154. The molecule has 0 saturated heterocycles. The van der Waals surface area contributed by atoms with Gasteiger partial charge in [-0.3, -0.25) is 0 Å². The molecule has 7 heteroatoms. The van der Waals surface area contributed by atoms with Crippen molar-refractivity contribution in [2.75, 3.05) is 7.05 Å². The van der Waals surface area contributed by atoms with Gasteiger partial charge in [0.05, 0.1) is 0 Å². The number of thiophene rings is 1. The second kappa shape index (κ2) is 5.94. The summed E-state index contributed by atoms with van der Waals surface area (Å²) in [4.78, 5) is 0.370. The number of halogens is 1. The maximum Gasteiger partial charge on any atom is 0.252 e. The van der Waals surface area contributed by atoms with Gasteiger partial charge in [-0.05, 0) is 23.8 Å². The van der Waals surface area contributed by atoms with Crippen LogP contribution in [0.1, 0.15) is 10.4 Å². The van der Waals surface area contributed by atoms with Crippen LogP contribution in [0, 0.1) is 11.3 Å². The molecule has 0 aliphatic heterocycles. The number of benzene rings is 1. The van der Waals surface area contributed by atoms with E-state index < -0.39 is 10.0 Å². The topological polar surface area (TPSA) is 61.2 Å². The molecule has 0 unspecified atom stereocenters. The molecule has 20 heavy (non-hydrogen) atoms. The molecule has 104 valence electrons. The molecule has 2 rings (SSSR count). The molecule has 0 fully saturated rings. The fourth-order valence-electron chi connectivity index (χ4n) is 1.62. The van der Waals surface area contributed by atoms with Crippen molar-refractivity contribution >= 4 is 33.0 Å². The minimum Gasteiger partial charge on any atom is -0.206 e. The molecule has 0 atom stereocenters. The Bertz CT molecular complexity index is 763. The number of sulfonamides is 1. The Kier molecular flexibility index (Phi) is 4.45. The highest BCUT2D eigenvalue weighted by Crippen LogP contribution is 2.26. The Balaban J connectivity index is 2.26. The van der Waals surface area contributed by atoms with E-state index in [4.69, 9.17) is 16.9 Å². The lowest BCUT2D eigenvalue weighted by atomic mass is 10.2. The predicted octanol–water partition coefficient (Wildman–Crippen LogP) is 3.09. The van der Waals surface area contributed by atoms with E-state index in [1.54, 1.807) is 24.3 Å². The van der Waals surface area contributed by atoms with Crippen molar-refractivity contribution in [1.82, 2.24) is 4.31 Å². The van der Waals surface area contributed by atoms with E-state index in [2.05, 4.69) is 0 Å². The van der Waals surface area contributed by atoms with E-state index in [0.29, 0.717) is 9.90 Å². The number of hydrogen-bond donors (Lipinski definition) is 0. The molecule has 4 nitrogen and oxygen atoms in total. The van der Waals surface area contributed by atoms with Crippen LogP contribution in [0.5, 0.6) is 0 Å². The fourth-order valence-corrected chi connectivity index (χ4v) is 4.28. The van der Waals surface area contributed by atoms with Crippen LogP contribution in [0.15, 0.2) is 40.6 Å². The monoisotopic (exact) mass is 326 g/mol. The van der Waals surface area contributed by atoms with Gasteiger partial charge in [-0.1, -0.05) is 29.8 Å². The highest BCUT2D eigenvalue weighted by molar-refractivity contribution is 7.91. The first kappa shape index (κ1) is 15.0. The van der Waals surface area contributed by atoms with E-state index in [-0.39, 0.29) is 10.8 Å². The maximum atomic E-state index is 12.4. The molecule has 0 aliphatic carbocycles. The van der Waals surface area contributed by atoms with Gasteiger partial charge < -0.3 is 0 Å². The molecular formula is C13H11ClN2O2S2. The van der Waals surface area contributed by atoms with Crippen LogP contribution in [0.25, 0.3) is 0 Å². The van der Waals surface area contributed by atoms with E-state index in [9.17, 15) is 8.42 Å². The van der Waals surface area contributed by atoms with Gasteiger partial charge in [0.2, 0.25) is 0 Å². The largest absolute Gasteiger partial charge is 0.252 e. The van der Waals surface area contributed by atoms with Gasteiger partial charge in [-0.25, -0.2) is 8.42 Å². The van der Waals surface area contributed by atoms with Gasteiger partial charge in [0, 0.05) is 18.6 Å². The minimum atomic E-state index is -3.60. The standard InChI is InChI=1S/C13H11ClN2O2S2/c1-16(9-10-4-2-3-5-12(10)14)20(17,18)13-7-6-11(8-15)19-13/h2-7H,9H2,1H3. The maximum absolute atomic E-state index is 12.4. The molecule has 0 bridgehead atoms. The summed E-state index contributed by atoms with van der Waals surface area (Å²) in [6.07, 6.45) is 0. The van der Waals surface area contributed by atoms with Crippen molar-refractivity contribution in [3.8, 4) is 6.07 Å². The van der Waals surface area contributed by atoms with Gasteiger partial charge in [0.15, 0.2) is 0 Å². The van der Waals surface area contributed by atoms with Gasteiger partial charge >= 0.3 is 0 Å². The second-order valence-electron chi connectivity index (χ2n) is 4.08. The van der Waals surface area contributed by atoms with E-state index >= 15 is 0 Å². The average Bonchev–Trinajstić information content (AvgIpc) is 2.90. The van der Waals surface area contributed by atoms with Crippen LogP contribution in [0.4, 0.5) is 0 Å². The predicted molar refractivity (Wildman–Crippen MR) is 79.1 cm³/mol. The smallest absolute Gasteiger partial charge is 0.206 e. The lowest BCUT2D eigenvalue weighted by molar-refractivity contribution is 0.468. The molecule has 0 aliphatic rings. The highest BCUT2D eigenvalue weighted by Gasteiger charge is 2.23. The number of nitriles is 1. The molecule has 1 aromatic carbocycles. The van der Waals surface area contributed by atoms with E-state index in [1.165, 1.54) is 23.5 Å². The van der Waals surface area contributed by atoms with Crippen molar-refractivity contribution in [2.45, 2.75) is 10.8 Å². The van der Waals surface area contributed by atoms with Crippen LogP contribution < -0.4 is 0 Å². The number of hydrogen-bond acceptors (Lipinski definition) is 4. The lowest BCUT2D eigenvalue weighted by Crippen LogP contribution is -2.25. The van der Waals surface area contributed by atoms with Crippen molar-refractivity contribution in [2.24, 2.45) is 0 Å². The quantitative estimate of drug-likeness (QED) is 0.867. The Morgan fingerprint density at radius 3 is 2.60 bits per heavy atom. The van der Waals surface area contributed by atoms with Crippen LogP contribution >= 0.6 is 22.9 Å². The summed E-state index contributed by atoms with van der Waals surface area (Å²) in [5.41, 5.74) is 0.734. The van der Waals surface area contributed by atoms with Gasteiger partial charge in [0.25, 0.3) is 10.0 Å². The summed E-state index contributed by atoms with van der Waals surface area (Å²) < 4.78 is 26.1. The zero-order valence-corrected chi connectivity index (χ0v) is 13.0. The average molecular weight is 327 g/mol. The Hall–Kier alpha value is -1.39. The molecule has 0 radical (unpaired) electrons. The molecule has 0 amide bonds. The summed E-state index contributed by atoms with van der Waals surface area (Å²) >= 11 is 6.99. The third-order valence-electron chi connectivity index (χ3n) is 2.71. The second-order valence-corrected chi connectivity index (χ2v) is 7.85. The Morgan fingerprint density at radius 2 is 2.00 bits per heavy atom. The zero-order valence-electron chi connectivity index (χ0n) is 10.6. The summed E-state index contributed by atoms with van der Waals surface area (Å²) in [7, 11) is -2.11. The third kappa shape index (κ3) is 3.02. The van der Waals surface area contributed by atoms with Crippen LogP contribution in [0.3, 0.4) is 0 Å². The van der Waals surface area contributed by atoms with Gasteiger partial charge in [-0.15, -0.1) is 11.3 Å². The first-order valence-corrected chi connectivity index (χ1v) is 8.28. The van der Waals surface area contributed by atoms with Crippen LogP contribution in [-0.2, 0) is 16.6 Å². The van der Waals surface area contributed by atoms with Crippen molar-refractivity contribution in [3.05, 3.63) is 51.9 Å². The van der Waals surface area contributed by atoms with Crippen molar-refractivity contribution < 1.29 is 8.42 Å². The summed E-state index contributed by atoms with van der Waals surface area (Å²) in [6, 6.07) is 12.0. The minimum absolute atomic E-state index is 0.156.